The Labute approximate surface area is 110 Å². The summed E-state index contributed by atoms with van der Waals surface area (Å²) in [6, 6.07) is 3.94. The fourth-order valence-corrected chi connectivity index (χ4v) is 2.23. The van der Waals surface area contributed by atoms with Gasteiger partial charge in [-0.05, 0) is 37.1 Å². The molecule has 0 aliphatic rings. The molecule has 0 bridgehead atoms. The van der Waals surface area contributed by atoms with Crippen LogP contribution in [0.3, 0.4) is 0 Å². The standard InChI is InChI=1S/C13H15BrN2O/c1-4-5-15-8-12(17)16-13-9(2)6-11(14)7-10(13)3/h1,6-7,15H,5,8H2,2-3H3,(H,16,17). The van der Waals surface area contributed by atoms with Gasteiger partial charge in [0.05, 0.1) is 13.1 Å². The first kappa shape index (κ1) is 13.8. The number of benzene rings is 1. The third kappa shape index (κ3) is 4.22. The Bertz CT molecular complexity index is 440. The van der Waals surface area contributed by atoms with Crippen molar-refractivity contribution in [1.29, 1.82) is 0 Å². The zero-order chi connectivity index (χ0) is 12.8. The second-order valence-electron chi connectivity index (χ2n) is 3.77. The van der Waals surface area contributed by atoms with Crippen LogP contribution in [0.15, 0.2) is 16.6 Å². The van der Waals surface area contributed by atoms with Crippen molar-refractivity contribution in [2.45, 2.75) is 13.8 Å². The maximum Gasteiger partial charge on any atom is 0.238 e. The van der Waals surface area contributed by atoms with Crippen LogP contribution in [0.25, 0.3) is 0 Å². The van der Waals surface area contributed by atoms with Crippen LogP contribution in [0.5, 0.6) is 0 Å². The van der Waals surface area contributed by atoms with E-state index >= 15 is 0 Å². The Morgan fingerprint density at radius 1 is 1.41 bits per heavy atom. The normalized spacial score (nSPS) is 9.76. The number of anilines is 1. The van der Waals surface area contributed by atoms with E-state index in [1.807, 2.05) is 26.0 Å². The van der Waals surface area contributed by atoms with Crippen LogP contribution in [0.1, 0.15) is 11.1 Å². The number of carbonyl (C=O) groups excluding carboxylic acids is 1. The average molecular weight is 295 g/mol. The molecule has 3 nitrogen and oxygen atoms in total. The smallest absolute Gasteiger partial charge is 0.238 e. The molecule has 1 rings (SSSR count). The quantitative estimate of drug-likeness (QED) is 0.660. The van der Waals surface area contributed by atoms with Crippen LogP contribution < -0.4 is 10.6 Å². The van der Waals surface area contributed by atoms with Crippen LogP contribution >= 0.6 is 15.9 Å². The van der Waals surface area contributed by atoms with Gasteiger partial charge >= 0.3 is 0 Å². The second-order valence-corrected chi connectivity index (χ2v) is 4.69. The van der Waals surface area contributed by atoms with Crippen molar-refractivity contribution in [3.05, 3.63) is 27.7 Å². The molecule has 4 heteroatoms. The number of amides is 1. The Morgan fingerprint density at radius 3 is 2.53 bits per heavy atom. The van der Waals surface area contributed by atoms with E-state index in [1.54, 1.807) is 0 Å². The van der Waals surface area contributed by atoms with Crippen molar-refractivity contribution in [2.24, 2.45) is 0 Å². The van der Waals surface area contributed by atoms with E-state index in [0.29, 0.717) is 6.54 Å². The molecule has 0 saturated heterocycles. The van der Waals surface area contributed by atoms with Crippen molar-refractivity contribution in [2.75, 3.05) is 18.4 Å². The zero-order valence-electron chi connectivity index (χ0n) is 9.93. The summed E-state index contributed by atoms with van der Waals surface area (Å²) < 4.78 is 1.01. The van der Waals surface area contributed by atoms with E-state index in [0.717, 1.165) is 21.3 Å². The summed E-state index contributed by atoms with van der Waals surface area (Å²) in [5, 5.41) is 5.72. The lowest BCUT2D eigenvalue weighted by Crippen LogP contribution is -2.28. The first-order valence-electron chi connectivity index (χ1n) is 5.25. The topological polar surface area (TPSA) is 41.1 Å². The molecule has 0 fully saturated rings. The summed E-state index contributed by atoms with van der Waals surface area (Å²) in [6.45, 7) is 4.54. The summed E-state index contributed by atoms with van der Waals surface area (Å²) in [7, 11) is 0. The summed E-state index contributed by atoms with van der Waals surface area (Å²) in [6.07, 6.45) is 5.08. The van der Waals surface area contributed by atoms with Crippen molar-refractivity contribution in [1.82, 2.24) is 5.32 Å². The highest BCUT2D eigenvalue weighted by Crippen LogP contribution is 2.24. The molecule has 0 spiro atoms. The highest BCUT2D eigenvalue weighted by molar-refractivity contribution is 9.10. The van der Waals surface area contributed by atoms with E-state index in [4.69, 9.17) is 6.42 Å². The molecule has 0 saturated carbocycles. The minimum Gasteiger partial charge on any atom is -0.324 e. The lowest BCUT2D eigenvalue weighted by molar-refractivity contribution is -0.115. The van der Waals surface area contributed by atoms with E-state index in [-0.39, 0.29) is 12.5 Å². The SMILES string of the molecule is C#CCNCC(=O)Nc1c(C)cc(Br)cc1C. The minimum atomic E-state index is -0.0891. The summed E-state index contributed by atoms with van der Waals surface area (Å²) in [5.74, 6) is 2.33. The highest BCUT2D eigenvalue weighted by Gasteiger charge is 2.07. The zero-order valence-corrected chi connectivity index (χ0v) is 11.5. The number of carbonyl (C=O) groups is 1. The van der Waals surface area contributed by atoms with Gasteiger partial charge in [0.1, 0.15) is 0 Å². The average Bonchev–Trinajstić information content (AvgIpc) is 2.24. The molecule has 0 unspecified atom stereocenters. The van der Waals surface area contributed by atoms with Gasteiger partial charge in [0.2, 0.25) is 5.91 Å². The van der Waals surface area contributed by atoms with E-state index < -0.39 is 0 Å². The molecule has 0 radical (unpaired) electrons. The first-order chi connectivity index (χ1) is 8.04. The molecular formula is C13H15BrN2O. The molecule has 1 amide bonds. The lowest BCUT2D eigenvalue weighted by atomic mass is 10.1. The number of rotatable bonds is 4. The van der Waals surface area contributed by atoms with Crippen LogP contribution in [0.4, 0.5) is 5.69 Å². The van der Waals surface area contributed by atoms with Crippen LogP contribution in [-0.2, 0) is 4.79 Å². The Kier molecular flexibility index (Phi) is 5.20. The van der Waals surface area contributed by atoms with Gasteiger partial charge in [-0.1, -0.05) is 21.9 Å². The predicted octanol–water partition coefficient (Wildman–Crippen LogP) is 2.23. The summed E-state index contributed by atoms with van der Waals surface area (Å²) >= 11 is 3.42. The summed E-state index contributed by atoms with van der Waals surface area (Å²) in [5.41, 5.74) is 2.92. The van der Waals surface area contributed by atoms with Gasteiger partial charge in [0.15, 0.2) is 0 Å². The third-order valence-electron chi connectivity index (χ3n) is 2.27. The van der Waals surface area contributed by atoms with E-state index in [2.05, 4.69) is 32.5 Å². The fraction of sp³-hybridized carbons (Fsp3) is 0.308. The van der Waals surface area contributed by atoms with E-state index in [1.165, 1.54) is 0 Å². The highest BCUT2D eigenvalue weighted by atomic mass is 79.9. The van der Waals surface area contributed by atoms with Gasteiger partial charge < -0.3 is 5.32 Å². The largest absolute Gasteiger partial charge is 0.324 e. The fourth-order valence-electron chi connectivity index (χ4n) is 1.54. The Morgan fingerprint density at radius 2 is 2.00 bits per heavy atom. The van der Waals surface area contributed by atoms with E-state index in [9.17, 15) is 4.79 Å². The molecule has 0 aliphatic heterocycles. The van der Waals surface area contributed by atoms with Crippen LogP contribution in [0.2, 0.25) is 0 Å². The maximum absolute atomic E-state index is 11.6. The number of hydrogen-bond acceptors (Lipinski definition) is 2. The van der Waals surface area contributed by atoms with Crippen molar-refractivity contribution in [3.63, 3.8) is 0 Å². The Balaban J connectivity index is 2.69. The molecular weight excluding hydrogens is 280 g/mol. The van der Waals surface area contributed by atoms with Gasteiger partial charge in [0, 0.05) is 10.2 Å². The first-order valence-corrected chi connectivity index (χ1v) is 6.04. The monoisotopic (exact) mass is 294 g/mol. The molecule has 1 aromatic carbocycles. The Hall–Kier alpha value is -1.31. The molecule has 90 valence electrons. The minimum absolute atomic E-state index is 0.0891. The van der Waals surface area contributed by atoms with Crippen molar-refractivity contribution < 1.29 is 4.79 Å². The molecule has 0 atom stereocenters. The van der Waals surface area contributed by atoms with Crippen molar-refractivity contribution in [3.8, 4) is 12.3 Å². The number of terminal acetylenes is 1. The molecule has 17 heavy (non-hydrogen) atoms. The maximum atomic E-state index is 11.6. The van der Waals surface area contributed by atoms with Crippen LogP contribution in [-0.4, -0.2) is 19.0 Å². The van der Waals surface area contributed by atoms with Gasteiger partial charge in [0.25, 0.3) is 0 Å². The predicted molar refractivity (Wildman–Crippen MR) is 73.9 cm³/mol. The molecule has 1 aromatic rings. The van der Waals surface area contributed by atoms with Gasteiger partial charge in [-0.2, -0.15) is 0 Å². The molecule has 0 aliphatic carbocycles. The van der Waals surface area contributed by atoms with Crippen LogP contribution in [0, 0.1) is 26.2 Å². The number of hydrogen-bond donors (Lipinski definition) is 2. The second kappa shape index (κ2) is 6.43. The molecule has 0 aromatic heterocycles. The van der Waals surface area contributed by atoms with Gasteiger partial charge in [-0.3, -0.25) is 10.1 Å². The van der Waals surface area contributed by atoms with Gasteiger partial charge in [-0.25, -0.2) is 0 Å². The van der Waals surface area contributed by atoms with Gasteiger partial charge in [-0.15, -0.1) is 6.42 Å². The number of nitrogens with one attached hydrogen (secondary N) is 2. The summed E-state index contributed by atoms with van der Waals surface area (Å²) in [4.78, 5) is 11.6. The number of halogens is 1. The molecule has 0 heterocycles. The molecule has 2 N–H and O–H groups in total. The lowest BCUT2D eigenvalue weighted by Gasteiger charge is -2.12. The third-order valence-corrected chi connectivity index (χ3v) is 2.73. The number of aryl methyl sites for hydroxylation is 2. The van der Waals surface area contributed by atoms with Crippen molar-refractivity contribution >= 4 is 27.5 Å².